The number of carboxylic acid groups (broad SMARTS) is 1. The average Bonchev–Trinajstić information content (AvgIpc) is 2.74. The van der Waals surface area contributed by atoms with Crippen molar-refractivity contribution in [1.82, 2.24) is 0 Å². The van der Waals surface area contributed by atoms with E-state index in [-0.39, 0.29) is 16.9 Å². The Morgan fingerprint density at radius 2 is 2.28 bits per heavy atom. The van der Waals surface area contributed by atoms with E-state index in [1.807, 2.05) is 0 Å². The fourth-order valence-corrected chi connectivity index (χ4v) is 2.32. The Morgan fingerprint density at radius 3 is 2.78 bits per heavy atom. The smallest absolute Gasteiger partial charge is 0.338 e. The number of nitrogens with zero attached hydrogens (tertiary/aromatic N) is 2. The molecular weight excluding hydrogens is 236 g/mol. The van der Waals surface area contributed by atoms with Crippen LogP contribution in [0.4, 0.5) is 11.4 Å². The van der Waals surface area contributed by atoms with Crippen LogP contribution in [-0.2, 0) is 0 Å². The summed E-state index contributed by atoms with van der Waals surface area (Å²) in [7, 11) is 0. The molecule has 1 atom stereocenters. The second kappa shape index (κ2) is 4.64. The van der Waals surface area contributed by atoms with Gasteiger partial charge in [0.05, 0.1) is 10.5 Å². The summed E-state index contributed by atoms with van der Waals surface area (Å²) in [6.07, 6.45) is 0.922. The predicted molar refractivity (Wildman–Crippen MR) is 66.0 cm³/mol. The second-order valence-electron chi connectivity index (χ2n) is 4.58. The zero-order valence-corrected chi connectivity index (χ0v) is 10.00. The number of rotatable bonds is 3. The van der Waals surface area contributed by atoms with Gasteiger partial charge in [-0.15, -0.1) is 0 Å². The fraction of sp³-hybridized carbons (Fsp3) is 0.417. The molecule has 1 unspecified atom stereocenters. The van der Waals surface area contributed by atoms with Crippen molar-refractivity contribution in [2.45, 2.75) is 13.3 Å². The molecule has 0 spiro atoms. The summed E-state index contributed by atoms with van der Waals surface area (Å²) in [4.78, 5) is 23.5. The van der Waals surface area contributed by atoms with E-state index < -0.39 is 10.9 Å². The highest BCUT2D eigenvalue weighted by molar-refractivity contribution is 5.97. The minimum atomic E-state index is -1.13. The molecular formula is C12H14N2O4. The van der Waals surface area contributed by atoms with Gasteiger partial charge in [0.2, 0.25) is 0 Å². The monoisotopic (exact) mass is 250 g/mol. The summed E-state index contributed by atoms with van der Waals surface area (Å²) in [6.45, 7) is 3.37. The maximum absolute atomic E-state index is 11.2. The normalized spacial score (nSPS) is 18.9. The number of nitro benzene ring substituents is 1. The molecule has 0 amide bonds. The van der Waals surface area contributed by atoms with Crippen LogP contribution in [0.15, 0.2) is 18.2 Å². The van der Waals surface area contributed by atoms with Crippen LogP contribution in [-0.4, -0.2) is 29.1 Å². The molecule has 2 rings (SSSR count). The number of carbonyl (C=O) groups is 1. The lowest BCUT2D eigenvalue weighted by atomic mass is 10.1. The van der Waals surface area contributed by atoms with E-state index in [1.165, 1.54) is 18.2 Å². The number of carboxylic acids is 1. The molecule has 0 bridgehead atoms. The summed E-state index contributed by atoms with van der Waals surface area (Å²) >= 11 is 0. The molecule has 1 aromatic carbocycles. The van der Waals surface area contributed by atoms with E-state index in [2.05, 4.69) is 6.92 Å². The first-order chi connectivity index (χ1) is 8.50. The molecule has 1 heterocycles. The lowest BCUT2D eigenvalue weighted by Gasteiger charge is -2.19. The molecule has 0 saturated carbocycles. The number of anilines is 1. The minimum absolute atomic E-state index is 0.00157. The molecule has 6 heteroatoms. The Hall–Kier alpha value is -2.11. The van der Waals surface area contributed by atoms with Crippen LogP contribution in [0, 0.1) is 16.0 Å². The van der Waals surface area contributed by atoms with E-state index in [9.17, 15) is 14.9 Å². The predicted octanol–water partition coefficient (Wildman–Crippen LogP) is 2.14. The van der Waals surface area contributed by atoms with E-state index in [1.54, 1.807) is 4.90 Å². The Labute approximate surface area is 104 Å². The molecule has 6 nitrogen and oxygen atoms in total. The largest absolute Gasteiger partial charge is 0.478 e. The van der Waals surface area contributed by atoms with Crippen LogP contribution >= 0.6 is 0 Å². The number of aromatic carboxylic acids is 1. The lowest BCUT2D eigenvalue weighted by Crippen LogP contribution is -2.23. The Bertz CT molecular complexity index is 469. The molecule has 0 aromatic heterocycles. The van der Waals surface area contributed by atoms with Crippen LogP contribution in [0.3, 0.4) is 0 Å². The highest BCUT2D eigenvalue weighted by Gasteiger charge is 2.29. The molecule has 1 saturated heterocycles. The van der Waals surface area contributed by atoms with Crippen molar-refractivity contribution in [2.75, 3.05) is 18.0 Å². The number of nitro groups is 1. The van der Waals surface area contributed by atoms with Gasteiger partial charge < -0.3 is 10.0 Å². The molecule has 1 N–H and O–H groups in total. The van der Waals surface area contributed by atoms with Crippen LogP contribution in [0.25, 0.3) is 0 Å². The molecule has 1 aromatic rings. The van der Waals surface area contributed by atoms with Crippen molar-refractivity contribution in [1.29, 1.82) is 0 Å². The van der Waals surface area contributed by atoms with Crippen LogP contribution in [0.5, 0.6) is 0 Å². The molecule has 0 radical (unpaired) electrons. The van der Waals surface area contributed by atoms with Gasteiger partial charge in [-0.3, -0.25) is 10.1 Å². The van der Waals surface area contributed by atoms with Crippen molar-refractivity contribution in [2.24, 2.45) is 5.92 Å². The van der Waals surface area contributed by atoms with Gasteiger partial charge >= 0.3 is 5.97 Å². The Balaban J connectivity index is 2.53. The van der Waals surface area contributed by atoms with E-state index in [0.717, 1.165) is 6.42 Å². The standard InChI is InChI=1S/C12H14N2O4/c1-8-5-6-13(7-8)11-9(12(15)16)3-2-4-10(11)14(17)18/h2-4,8H,5-7H2,1H3,(H,15,16). The van der Waals surface area contributed by atoms with Crippen LogP contribution < -0.4 is 4.90 Å². The first kappa shape index (κ1) is 12.3. The Kier molecular flexibility index (Phi) is 3.18. The summed E-state index contributed by atoms with van der Waals surface area (Å²) < 4.78 is 0. The SMILES string of the molecule is CC1CCN(c2c(C(=O)O)cccc2[N+](=O)[O-])C1. The molecule has 1 fully saturated rings. The third-order valence-electron chi connectivity index (χ3n) is 3.18. The quantitative estimate of drug-likeness (QED) is 0.656. The molecule has 1 aliphatic heterocycles. The van der Waals surface area contributed by atoms with Crippen molar-refractivity contribution in [3.05, 3.63) is 33.9 Å². The third kappa shape index (κ3) is 2.13. The maximum atomic E-state index is 11.2. The van der Waals surface area contributed by atoms with Gasteiger partial charge in [-0.05, 0) is 18.4 Å². The highest BCUT2D eigenvalue weighted by atomic mass is 16.6. The molecule has 96 valence electrons. The zero-order valence-electron chi connectivity index (χ0n) is 10.00. The van der Waals surface area contributed by atoms with Gasteiger partial charge in [0.1, 0.15) is 5.69 Å². The Morgan fingerprint density at radius 1 is 1.56 bits per heavy atom. The van der Waals surface area contributed by atoms with E-state index in [4.69, 9.17) is 5.11 Å². The maximum Gasteiger partial charge on any atom is 0.338 e. The average molecular weight is 250 g/mol. The number of hydrogen-bond donors (Lipinski definition) is 1. The van der Waals surface area contributed by atoms with Crippen molar-refractivity contribution in [3.8, 4) is 0 Å². The summed E-state index contributed by atoms with van der Waals surface area (Å²) in [5.41, 5.74) is 0.0988. The van der Waals surface area contributed by atoms with Gasteiger partial charge in [0.15, 0.2) is 0 Å². The van der Waals surface area contributed by atoms with Crippen molar-refractivity contribution >= 4 is 17.3 Å². The molecule has 0 aliphatic carbocycles. The zero-order chi connectivity index (χ0) is 13.3. The molecule has 1 aliphatic rings. The summed E-state index contributed by atoms with van der Waals surface area (Å²) in [5, 5.41) is 20.2. The van der Waals surface area contributed by atoms with Crippen molar-refractivity contribution in [3.63, 3.8) is 0 Å². The first-order valence-electron chi connectivity index (χ1n) is 5.76. The van der Waals surface area contributed by atoms with E-state index >= 15 is 0 Å². The highest BCUT2D eigenvalue weighted by Crippen LogP contribution is 2.35. The van der Waals surface area contributed by atoms with Crippen molar-refractivity contribution < 1.29 is 14.8 Å². The summed E-state index contributed by atoms with van der Waals surface area (Å²) in [6, 6.07) is 4.17. The third-order valence-corrected chi connectivity index (χ3v) is 3.18. The second-order valence-corrected chi connectivity index (χ2v) is 4.58. The van der Waals surface area contributed by atoms with Crippen LogP contribution in [0.2, 0.25) is 0 Å². The van der Waals surface area contributed by atoms with Gasteiger partial charge in [-0.1, -0.05) is 13.0 Å². The van der Waals surface area contributed by atoms with Gasteiger partial charge in [-0.25, -0.2) is 4.79 Å². The number of hydrogen-bond acceptors (Lipinski definition) is 4. The summed E-state index contributed by atoms with van der Waals surface area (Å²) in [5.74, 6) is -0.709. The topological polar surface area (TPSA) is 83.7 Å². The van der Waals surface area contributed by atoms with Gasteiger partial charge in [-0.2, -0.15) is 0 Å². The van der Waals surface area contributed by atoms with Crippen LogP contribution in [0.1, 0.15) is 23.7 Å². The van der Waals surface area contributed by atoms with Gasteiger partial charge in [0.25, 0.3) is 5.69 Å². The first-order valence-corrected chi connectivity index (χ1v) is 5.76. The van der Waals surface area contributed by atoms with E-state index in [0.29, 0.717) is 19.0 Å². The fourth-order valence-electron chi connectivity index (χ4n) is 2.32. The minimum Gasteiger partial charge on any atom is -0.478 e. The molecule has 18 heavy (non-hydrogen) atoms. The van der Waals surface area contributed by atoms with Gasteiger partial charge in [0, 0.05) is 19.2 Å². The number of benzene rings is 1. The number of para-hydroxylation sites is 1. The lowest BCUT2D eigenvalue weighted by molar-refractivity contribution is -0.384.